The summed E-state index contributed by atoms with van der Waals surface area (Å²) in [6.45, 7) is 8.29. The number of carbonyl (C=O) groups is 1. The van der Waals surface area contributed by atoms with Crippen molar-refractivity contribution in [3.63, 3.8) is 0 Å². The first kappa shape index (κ1) is 17.7. The third kappa shape index (κ3) is 7.19. The van der Waals surface area contributed by atoms with Crippen molar-refractivity contribution in [1.29, 1.82) is 0 Å². The lowest BCUT2D eigenvalue weighted by Crippen LogP contribution is -2.43. The molecule has 1 amide bonds. The molecule has 1 unspecified atom stereocenters. The zero-order valence-electron chi connectivity index (χ0n) is 11.9. The maximum Gasteiger partial charge on any atom is 0.234 e. The van der Waals surface area contributed by atoms with E-state index in [1.165, 1.54) is 12.8 Å². The summed E-state index contributed by atoms with van der Waals surface area (Å²) in [6.07, 6.45) is 2.67. The lowest BCUT2D eigenvalue weighted by molar-refractivity contribution is -0.121. The van der Waals surface area contributed by atoms with Gasteiger partial charge < -0.3 is 15.4 Å². The number of hydrogen-bond donors (Lipinski definition) is 2. The fourth-order valence-electron chi connectivity index (χ4n) is 1.72. The number of rotatable bonds is 7. The van der Waals surface area contributed by atoms with E-state index in [4.69, 9.17) is 4.74 Å². The second kappa shape index (κ2) is 7.97. The van der Waals surface area contributed by atoms with Crippen molar-refractivity contribution in [1.82, 2.24) is 10.6 Å². The molecule has 0 aromatic heterocycles. The monoisotopic (exact) mass is 278 g/mol. The first-order valence-electron chi connectivity index (χ1n) is 6.43. The van der Waals surface area contributed by atoms with Crippen LogP contribution in [0.2, 0.25) is 0 Å². The van der Waals surface area contributed by atoms with Gasteiger partial charge in [-0.25, -0.2) is 0 Å². The molecule has 0 saturated heterocycles. The lowest BCUT2D eigenvalue weighted by atomic mass is 9.89. The van der Waals surface area contributed by atoms with Crippen LogP contribution >= 0.6 is 12.4 Å². The van der Waals surface area contributed by atoms with Crippen molar-refractivity contribution in [2.24, 2.45) is 11.3 Å². The average molecular weight is 279 g/mol. The summed E-state index contributed by atoms with van der Waals surface area (Å²) in [4.78, 5) is 11.6. The van der Waals surface area contributed by atoms with Crippen molar-refractivity contribution < 1.29 is 9.53 Å². The Bertz CT molecular complexity index is 250. The first-order chi connectivity index (χ1) is 7.93. The van der Waals surface area contributed by atoms with Gasteiger partial charge in [0.05, 0.1) is 12.6 Å². The fraction of sp³-hybridized carbons (Fsp3) is 0.923. The number of nitrogens with one attached hydrogen (secondary N) is 2. The molecule has 1 atom stereocenters. The molecule has 1 rings (SSSR count). The Morgan fingerprint density at radius 1 is 1.39 bits per heavy atom. The third-order valence-corrected chi connectivity index (χ3v) is 3.15. The molecule has 0 bridgehead atoms. The summed E-state index contributed by atoms with van der Waals surface area (Å²) in [5.74, 6) is 0.862. The molecule has 108 valence electrons. The van der Waals surface area contributed by atoms with Crippen LogP contribution in [-0.4, -0.2) is 38.8 Å². The number of ether oxygens (including phenoxy) is 1. The molecule has 1 aliphatic carbocycles. The minimum absolute atomic E-state index is 0. The zero-order chi connectivity index (χ0) is 12.9. The molecule has 0 spiro atoms. The van der Waals surface area contributed by atoms with E-state index in [-0.39, 0.29) is 29.8 Å². The van der Waals surface area contributed by atoms with Crippen LogP contribution in [0.1, 0.15) is 33.6 Å². The van der Waals surface area contributed by atoms with Crippen molar-refractivity contribution in [3.05, 3.63) is 0 Å². The zero-order valence-corrected chi connectivity index (χ0v) is 12.7. The van der Waals surface area contributed by atoms with Crippen LogP contribution in [0.5, 0.6) is 0 Å². The Labute approximate surface area is 117 Å². The van der Waals surface area contributed by atoms with Crippen molar-refractivity contribution in [2.75, 3.05) is 26.7 Å². The van der Waals surface area contributed by atoms with Crippen molar-refractivity contribution >= 4 is 18.3 Å². The smallest absolute Gasteiger partial charge is 0.234 e. The molecular formula is C13H27ClN2O2. The molecule has 2 N–H and O–H groups in total. The van der Waals surface area contributed by atoms with Gasteiger partial charge in [-0.3, -0.25) is 4.79 Å². The summed E-state index contributed by atoms with van der Waals surface area (Å²) in [7, 11) is 1.69. The molecule has 18 heavy (non-hydrogen) atoms. The minimum Gasteiger partial charge on any atom is -0.379 e. The van der Waals surface area contributed by atoms with E-state index in [9.17, 15) is 4.79 Å². The van der Waals surface area contributed by atoms with Gasteiger partial charge >= 0.3 is 0 Å². The maximum atomic E-state index is 11.6. The quantitative estimate of drug-likeness (QED) is 0.744. The molecule has 0 radical (unpaired) electrons. The number of halogens is 1. The predicted octanol–water partition coefficient (Wildman–Crippen LogP) is 1.59. The first-order valence-corrected chi connectivity index (χ1v) is 6.43. The Morgan fingerprint density at radius 3 is 2.44 bits per heavy atom. The highest BCUT2D eigenvalue weighted by Gasteiger charge is 2.25. The SMILES string of the molecule is COC(CNC(=O)CNCC1CC1)C(C)(C)C.Cl. The molecule has 0 aromatic rings. The molecular weight excluding hydrogens is 252 g/mol. The standard InChI is InChI=1S/C13H26N2O2.ClH/c1-13(2,3)11(17-4)8-15-12(16)9-14-7-10-5-6-10;/h10-11,14H,5-9H2,1-4H3,(H,15,16);1H. The van der Waals surface area contributed by atoms with Gasteiger partial charge in [-0.2, -0.15) is 0 Å². The van der Waals surface area contributed by atoms with Gasteiger partial charge in [0.25, 0.3) is 0 Å². The lowest BCUT2D eigenvalue weighted by Gasteiger charge is -2.29. The second-order valence-corrected chi connectivity index (χ2v) is 5.97. The van der Waals surface area contributed by atoms with Gasteiger partial charge in [0, 0.05) is 13.7 Å². The van der Waals surface area contributed by atoms with Gasteiger partial charge in [0.2, 0.25) is 5.91 Å². The van der Waals surface area contributed by atoms with E-state index in [1.807, 2.05) is 0 Å². The van der Waals surface area contributed by atoms with Gasteiger partial charge in [0.15, 0.2) is 0 Å². The van der Waals surface area contributed by atoms with Gasteiger partial charge in [0.1, 0.15) is 0 Å². The normalized spacial score (nSPS) is 16.9. The Morgan fingerprint density at radius 2 is 2.00 bits per heavy atom. The van der Waals surface area contributed by atoms with Crippen LogP contribution < -0.4 is 10.6 Å². The number of methoxy groups -OCH3 is 1. The Hall–Kier alpha value is -0.320. The molecule has 4 nitrogen and oxygen atoms in total. The number of carbonyl (C=O) groups excluding carboxylic acids is 1. The topological polar surface area (TPSA) is 50.4 Å². The molecule has 5 heteroatoms. The number of amides is 1. The van der Waals surface area contributed by atoms with Gasteiger partial charge in [-0.05, 0) is 30.7 Å². The summed E-state index contributed by atoms with van der Waals surface area (Å²) in [6, 6.07) is 0. The van der Waals surface area contributed by atoms with E-state index in [0.717, 1.165) is 12.5 Å². The van der Waals surface area contributed by atoms with Crippen LogP contribution in [0, 0.1) is 11.3 Å². The van der Waals surface area contributed by atoms with E-state index >= 15 is 0 Å². The largest absolute Gasteiger partial charge is 0.379 e. The third-order valence-electron chi connectivity index (χ3n) is 3.15. The highest BCUT2D eigenvalue weighted by atomic mass is 35.5. The van der Waals surface area contributed by atoms with Gasteiger partial charge in [-0.1, -0.05) is 20.8 Å². The minimum atomic E-state index is 0. The van der Waals surface area contributed by atoms with E-state index < -0.39 is 0 Å². The van der Waals surface area contributed by atoms with Crippen LogP contribution in [0.25, 0.3) is 0 Å². The number of hydrogen-bond acceptors (Lipinski definition) is 3. The van der Waals surface area contributed by atoms with Crippen LogP contribution in [-0.2, 0) is 9.53 Å². The summed E-state index contributed by atoms with van der Waals surface area (Å²) in [5.41, 5.74) is 0.0451. The summed E-state index contributed by atoms with van der Waals surface area (Å²) in [5, 5.41) is 6.08. The molecule has 0 heterocycles. The highest BCUT2D eigenvalue weighted by molar-refractivity contribution is 5.85. The van der Waals surface area contributed by atoms with Crippen LogP contribution in [0.15, 0.2) is 0 Å². The van der Waals surface area contributed by atoms with E-state index in [1.54, 1.807) is 7.11 Å². The predicted molar refractivity (Wildman–Crippen MR) is 76.1 cm³/mol. The second-order valence-electron chi connectivity index (χ2n) is 5.97. The van der Waals surface area contributed by atoms with Gasteiger partial charge in [-0.15, -0.1) is 12.4 Å². The molecule has 1 aliphatic rings. The molecule has 0 aliphatic heterocycles. The molecule has 1 saturated carbocycles. The Balaban J connectivity index is 0.00000289. The fourth-order valence-corrected chi connectivity index (χ4v) is 1.72. The summed E-state index contributed by atoms with van der Waals surface area (Å²) >= 11 is 0. The van der Waals surface area contributed by atoms with E-state index in [0.29, 0.717) is 13.1 Å². The highest BCUT2D eigenvalue weighted by Crippen LogP contribution is 2.27. The van der Waals surface area contributed by atoms with Crippen LogP contribution in [0.3, 0.4) is 0 Å². The van der Waals surface area contributed by atoms with Crippen molar-refractivity contribution in [2.45, 2.75) is 39.7 Å². The molecule has 1 fully saturated rings. The average Bonchev–Trinajstić information content (AvgIpc) is 3.00. The van der Waals surface area contributed by atoms with Crippen molar-refractivity contribution in [3.8, 4) is 0 Å². The summed E-state index contributed by atoms with van der Waals surface area (Å²) < 4.78 is 5.38. The Kier molecular flexibility index (Phi) is 7.83. The van der Waals surface area contributed by atoms with Crippen LogP contribution in [0.4, 0.5) is 0 Å². The maximum absolute atomic E-state index is 11.6. The van der Waals surface area contributed by atoms with E-state index in [2.05, 4.69) is 31.4 Å². The molecule has 0 aromatic carbocycles.